The summed E-state index contributed by atoms with van der Waals surface area (Å²) in [5.74, 6) is -0.438. The molecule has 0 bridgehead atoms. The van der Waals surface area contributed by atoms with E-state index in [9.17, 15) is 14.0 Å². The quantitative estimate of drug-likeness (QED) is 0.772. The fourth-order valence-electron chi connectivity index (χ4n) is 3.41. The highest BCUT2D eigenvalue weighted by molar-refractivity contribution is 5.87. The van der Waals surface area contributed by atoms with Crippen molar-refractivity contribution in [2.75, 3.05) is 26.2 Å². The van der Waals surface area contributed by atoms with Crippen LogP contribution in [0.3, 0.4) is 0 Å². The van der Waals surface area contributed by atoms with E-state index in [1.165, 1.54) is 12.1 Å². The molecule has 2 amide bonds. The van der Waals surface area contributed by atoms with Crippen molar-refractivity contribution in [2.24, 2.45) is 0 Å². The smallest absolute Gasteiger partial charge is 0.240 e. The Bertz CT molecular complexity index is 589. The Hall–Kier alpha value is -1.95. The van der Waals surface area contributed by atoms with Crippen molar-refractivity contribution < 1.29 is 14.0 Å². The van der Waals surface area contributed by atoms with E-state index in [1.807, 2.05) is 6.92 Å². The minimum atomic E-state index is -0.299. The van der Waals surface area contributed by atoms with Crippen LogP contribution >= 0.6 is 0 Å². The molecule has 144 valence electrons. The monoisotopic (exact) mass is 363 g/mol. The van der Waals surface area contributed by atoms with Gasteiger partial charge in [-0.25, -0.2) is 4.39 Å². The van der Waals surface area contributed by atoms with Crippen molar-refractivity contribution in [1.82, 2.24) is 15.1 Å². The molecule has 0 spiro atoms. The molecular weight excluding hydrogens is 333 g/mol. The summed E-state index contributed by atoms with van der Waals surface area (Å²) in [7, 11) is 0. The Kier molecular flexibility index (Phi) is 8.04. The number of piperidine rings is 1. The van der Waals surface area contributed by atoms with Gasteiger partial charge in [-0.2, -0.15) is 0 Å². The highest BCUT2D eigenvalue weighted by Gasteiger charge is 2.31. The molecule has 0 aromatic heterocycles. The lowest BCUT2D eigenvalue weighted by molar-refractivity contribution is -0.141. The number of nitrogens with zero attached hydrogens (tertiary/aromatic N) is 2. The van der Waals surface area contributed by atoms with E-state index in [4.69, 9.17) is 0 Å². The zero-order valence-corrected chi connectivity index (χ0v) is 15.8. The van der Waals surface area contributed by atoms with Crippen LogP contribution in [-0.4, -0.2) is 53.8 Å². The van der Waals surface area contributed by atoms with Crippen LogP contribution < -0.4 is 5.32 Å². The Morgan fingerprint density at radius 1 is 1.23 bits per heavy atom. The fraction of sp³-hybridized carbons (Fsp3) is 0.600. The van der Waals surface area contributed by atoms with Gasteiger partial charge in [-0.15, -0.1) is 0 Å². The molecule has 1 atom stereocenters. The number of carbonyl (C=O) groups is 2. The number of likely N-dealkylation sites (tertiary alicyclic amines) is 1. The number of benzene rings is 1. The maximum absolute atomic E-state index is 12.9. The van der Waals surface area contributed by atoms with Gasteiger partial charge in [0.2, 0.25) is 11.8 Å². The number of likely N-dealkylation sites (N-methyl/N-ethyl adjacent to an activating group) is 1. The van der Waals surface area contributed by atoms with E-state index < -0.39 is 0 Å². The van der Waals surface area contributed by atoms with Gasteiger partial charge in [0.05, 0.1) is 12.6 Å². The van der Waals surface area contributed by atoms with Crippen molar-refractivity contribution in [3.63, 3.8) is 0 Å². The van der Waals surface area contributed by atoms with E-state index >= 15 is 0 Å². The van der Waals surface area contributed by atoms with Gasteiger partial charge >= 0.3 is 0 Å². The highest BCUT2D eigenvalue weighted by Crippen LogP contribution is 2.19. The lowest BCUT2D eigenvalue weighted by atomic mass is 10.0. The molecule has 1 fully saturated rings. The van der Waals surface area contributed by atoms with E-state index in [0.717, 1.165) is 44.3 Å². The molecule has 1 aliphatic heterocycles. The molecule has 1 heterocycles. The maximum atomic E-state index is 12.9. The van der Waals surface area contributed by atoms with Crippen LogP contribution in [0, 0.1) is 5.82 Å². The molecule has 0 aliphatic carbocycles. The summed E-state index contributed by atoms with van der Waals surface area (Å²) in [6, 6.07) is 5.92. The van der Waals surface area contributed by atoms with Crippen LogP contribution in [0.2, 0.25) is 0 Å². The van der Waals surface area contributed by atoms with Crippen molar-refractivity contribution in [1.29, 1.82) is 0 Å². The van der Waals surface area contributed by atoms with Gasteiger partial charge in [-0.05, 0) is 57.0 Å². The van der Waals surface area contributed by atoms with Crippen molar-refractivity contribution in [3.05, 3.63) is 35.6 Å². The molecule has 5 nitrogen and oxygen atoms in total. The average molecular weight is 363 g/mol. The first kappa shape index (κ1) is 20.4. The van der Waals surface area contributed by atoms with Gasteiger partial charge in [0, 0.05) is 13.1 Å². The average Bonchev–Trinajstić information content (AvgIpc) is 2.66. The first-order chi connectivity index (χ1) is 12.5. The highest BCUT2D eigenvalue weighted by atomic mass is 19.1. The summed E-state index contributed by atoms with van der Waals surface area (Å²) in [5.41, 5.74) is 0.829. The van der Waals surface area contributed by atoms with Gasteiger partial charge in [-0.1, -0.05) is 25.5 Å². The SMILES string of the molecule is CCCN1CCCCC1C(=O)N(CC)CC(=O)NCc1ccc(F)cc1. The molecule has 1 unspecified atom stereocenters. The number of hydrogen-bond donors (Lipinski definition) is 1. The summed E-state index contributed by atoms with van der Waals surface area (Å²) >= 11 is 0. The Morgan fingerprint density at radius 3 is 2.62 bits per heavy atom. The van der Waals surface area contributed by atoms with Gasteiger partial charge in [0.15, 0.2) is 0 Å². The van der Waals surface area contributed by atoms with Crippen LogP contribution in [0.15, 0.2) is 24.3 Å². The molecule has 26 heavy (non-hydrogen) atoms. The number of halogens is 1. The van der Waals surface area contributed by atoms with Crippen LogP contribution in [0.25, 0.3) is 0 Å². The summed E-state index contributed by atoms with van der Waals surface area (Å²) in [5, 5.41) is 2.81. The van der Waals surface area contributed by atoms with Gasteiger partial charge < -0.3 is 10.2 Å². The van der Waals surface area contributed by atoms with Crippen LogP contribution in [0.4, 0.5) is 4.39 Å². The number of hydrogen-bond acceptors (Lipinski definition) is 3. The van der Waals surface area contributed by atoms with Crippen molar-refractivity contribution in [3.8, 4) is 0 Å². The van der Waals surface area contributed by atoms with Crippen molar-refractivity contribution in [2.45, 2.75) is 52.1 Å². The molecule has 0 radical (unpaired) electrons. The van der Waals surface area contributed by atoms with Crippen LogP contribution in [-0.2, 0) is 16.1 Å². The lowest BCUT2D eigenvalue weighted by Crippen LogP contribution is -2.52. The third-order valence-corrected chi connectivity index (χ3v) is 4.84. The molecule has 0 saturated carbocycles. The van der Waals surface area contributed by atoms with Gasteiger partial charge in [-0.3, -0.25) is 14.5 Å². The number of rotatable bonds is 8. The Morgan fingerprint density at radius 2 is 1.96 bits per heavy atom. The molecule has 1 aromatic carbocycles. The van der Waals surface area contributed by atoms with Crippen LogP contribution in [0.1, 0.15) is 45.1 Å². The zero-order chi connectivity index (χ0) is 18.9. The fourth-order valence-corrected chi connectivity index (χ4v) is 3.41. The Balaban J connectivity index is 1.88. The second-order valence-corrected chi connectivity index (χ2v) is 6.80. The molecule has 2 rings (SSSR count). The van der Waals surface area contributed by atoms with Crippen molar-refractivity contribution >= 4 is 11.8 Å². The van der Waals surface area contributed by atoms with Crippen LogP contribution in [0.5, 0.6) is 0 Å². The van der Waals surface area contributed by atoms with E-state index in [1.54, 1.807) is 17.0 Å². The number of amides is 2. The van der Waals surface area contributed by atoms with E-state index in [0.29, 0.717) is 13.1 Å². The third-order valence-electron chi connectivity index (χ3n) is 4.84. The molecule has 1 N–H and O–H groups in total. The topological polar surface area (TPSA) is 52.7 Å². The second kappa shape index (κ2) is 10.3. The number of nitrogens with one attached hydrogen (secondary N) is 1. The Labute approximate surface area is 155 Å². The summed E-state index contributed by atoms with van der Waals surface area (Å²) < 4.78 is 12.9. The predicted molar refractivity (Wildman–Crippen MR) is 100 cm³/mol. The van der Waals surface area contributed by atoms with E-state index in [2.05, 4.69) is 17.1 Å². The molecule has 1 aliphatic rings. The van der Waals surface area contributed by atoms with Gasteiger partial charge in [0.1, 0.15) is 5.82 Å². The maximum Gasteiger partial charge on any atom is 0.240 e. The molecule has 1 saturated heterocycles. The third kappa shape index (κ3) is 5.80. The zero-order valence-electron chi connectivity index (χ0n) is 15.8. The minimum absolute atomic E-state index is 0.0533. The number of carbonyl (C=O) groups excluding carboxylic acids is 2. The summed E-state index contributed by atoms with van der Waals surface area (Å²) in [4.78, 5) is 29.1. The predicted octanol–water partition coefficient (Wildman–Crippen LogP) is 2.55. The normalized spacial score (nSPS) is 17.7. The largest absolute Gasteiger partial charge is 0.350 e. The molecular formula is C20H30FN3O2. The first-order valence-corrected chi connectivity index (χ1v) is 9.59. The standard InChI is InChI=1S/C20H30FN3O2/c1-3-12-24-13-6-5-7-18(24)20(26)23(4-2)15-19(25)22-14-16-8-10-17(21)11-9-16/h8-11,18H,3-7,12-15H2,1-2H3,(H,22,25). The molecule has 6 heteroatoms. The second-order valence-electron chi connectivity index (χ2n) is 6.80. The van der Waals surface area contributed by atoms with E-state index in [-0.39, 0.29) is 30.2 Å². The lowest BCUT2D eigenvalue weighted by Gasteiger charge is -2.37. The summed E-state index contributed by atoms with van der Waals surface area (Å²) in [6.07, 6.45) is 4.08. The molecule has 1 aromatic rings. The van der Waals surface area contributed by atoms with Gasteiger partial charge in [0.25, 0.3) is 0 Å². The minimum Gasteiger partial charge on any atom is -0.350 e. The summed E-state index contributed by atoms with van der Waals surface area (Å²) in [6.45, 7) is 6.81. The first-order valence-electron chi connectivity index (χ1n) is 9.59.